The first kappa shape index (κ1) is 23.3. The zero-order valence-corrected chi connectivity index (χ0v) is 19.2. The number of benzene rings is 3. The van der Waals surface area contributed by atoms with Gasteiger partial charge in [0, 0.05) is 11.9 Å². The summed E-state index contributed by atoms with van der Waals surface area (Å²) in [6, 6.07) is 17.1. The minimum absolute atomic E-state index is 0.0994. The fourth-order valence-electron chi connectivity index (χ4n) is 3.74. The molecule has 0 saturated carbocycles. The molecule has 1 aliphatic heterocycles. The summed E-state index contributed by atoms with van der Waals surface area (Å²) in [6.45, 7) is 0. The van der Waals surface area contributed by atoms with E-state index in [1.54, 1.807) is 42.5 Å². The highest BCUT2D eigenvalue weighted by Gasteiger charge is 2.35. The SMILES string of the molecule is COC(=O)Cc1ccc(C(=Nc2ccc(S(C)(=O)=O)cc2)C2C(=O)Nc3cc(F)ccc32)cc1. The van der Waals surface area contributed by atoms with Crippen LogP contribution in [0.1, 0.15) is 22.6 Å². The second kappa shape index (κ2) is 9.18. The Hall–Kier alpha value is -3.85. The standard InChI is InChI=1S/C25H21FN2O5S/c1-33-22(29)13-15-3-5-16(6-4-15)24(27-18-8-10-19(11-9-18)34(2,31)32)23-20-12-7-17(26)14-21(20)28-25(23)30/h3-12,14,23H,13H2,1-2H3,(H,28,30). The Bertz CT molecular complexity index is 1400. The Morgan fingerprint density at radius 1 is 1.06 bits per heavy atom. The summed E-state index contributed by atoms with van der Waals surface area (Å²) in [5, 5.41) is 2.70. The Balaban J connectivity index is 1.80. The van der Waals surface area contributed by atoms with Gasteiger partial charge in [-0.3, -0.25) is 14.6 Å². The van der Waals surface area contributed by atoms with Crippen molar-refractivity contribution in [3.63, 3.8) is 0 Å². The number of amides is 1. The van der Waals surface area contributed by atoms with Crippen molar-refractivity contribution in [2.24, 2.45) is 4.99 Å². The molecule has 3 aromatic rings. The van der Waals surface area contributed by atoms with Crippen LogP contribution in [-0.4, -0.2) is 39.4 Å². The molecular weight excluding hydrogens is 459 g/mol. The van der Waals surface area contributed by atoms with E-state index in [0.717, 1.165) is 11.8 Å². The van der Waals surface area contributed by atoms with E-state index in [0.29, 0.717) is 28.2 Å². The Morgan fingerprint density at radius 3 is 2.35 bits per heavy atom. The minimum atomic E-state index is -3.37. The Kier molecular flexibility index (Phi) is 6.30. The average molecular weight is 481 g/mol. The number of hydrogen-bond acceptors (Lipinski definition) is 6. The molecule has 0 aromatic heterocycles. The van der Waals surface area contributed by atoms with Gasteiger partial charge < -0.3 is 10.1 Å². The third kappa shape index (κ3) is 4.89. The van der Waals surface area contributed by atoms with Crippen molar-refractivity contribution >= 4 is 38.8 Å². The molecule has 1 unspecified atom stereocenters. The first-order valence-electron chi connectivity index (χ1n) is 10.3. The molecule has 0 aliphatic carbocycles. The molecular formula is C25H21FN2O5S. The normalized spacial score (nSPS) is 15.6. The summed E-state index contributed by atoms with van der Waals surface area (Å²) in [7, 11) is -2.06. The maximum atomic E-state index is 13.7. The summed E-state index contributed by atoms with van der Waals surface area (Å²) < 4.78 is 42.0. The molecule has 0 bridgehead atoms. The van der Waals surface area contributed by atoms with Crippen molar-refractivity contribution in [2.75, 3.05) is 18.7 Å². The molecule has 0 saturated heterocycles. The number of halogens is 1. The molecule has 3 aromatic carbocycles. The molecule has 1 aliphatic rings. The number of aliphatic imine (C=N–C) groups is 1. The molecule has 1 atom stereocenters. The van der Waals surface area contributed by atoms with Crippen molar-refractivity contribution in [3.8, 4) is 0 Å². The highest BCUT2D eigenvalue weighted by molar-refractivity contribution is 7.90. The number of carbonyl (C=O) groups excluding carboxylic acids is 2. The van der Waals surface area contributed by atoms with E-state index in [4.69, 9.17) is 4.74 Å². The van der Waals surface area contributed by atoms with Crippen molar-refractivity contribution < 1.29 is 27.1 Å². The van der Waals surface area contributed by atoms with Gasteiger partial charge in [0.2, 0.25) is 5.91 Å². The molecule has 1 amide bonds. The molecule has 1 heterocycles. The van der Waals surface area contributed by atoms with Crippen LogP contribution in [0.25, 0.3) is 0 Å². The molecule has 174 valence electrons. The van der Waals surface area contributed by atoms with Crippen molar-refractivity contribution in [1.29, 1.82) is 0 Å². The zero-order chi connectivity index (χ0) is 24.5. The van der Waals surface area contributed by atoms with Gasteiger partial charge in [0.05, 0.1) is 29.8 Å². The predicted octanol–water partition coefficient (Wildman–Crippen LogP) is 3.80. The van der Waals surface area contributed by atoms with Crippen LogP contribution in [0.4, 0.5) is 15.8 Å². The van der Waals surface area contributed by atoms with E-state index < -0.39 is 21.6 Å². The van der Waals surface area contributed by atoms with Crippen LogP contribution < -0.4 is 5.32 Å². The lowest BCUT2D eigenvalue weighted by Gasteiger charge is -2.14. The number of methoxy groups -OCH3 is 1. The topological polar surface area (TPSA) is 102 Å². The number of sulfone groups is 1. The quantitative estimate of drug-likeness (QED) is 0.427. The van der Waals surface area contributed by atoms with Gasteiger partial charge in [-0.15, -0.1) is 0 Å². The summed E-state index contributed by atoms with van der Waals surface area (Å²) >= 11 is 0. The predicted molar refractivity (Wildman–Crippen MR) is 126 cm³/mol. The molecule has 0 fully saturated rings. The fraction of sp³-hybridized carbons (Fsp3) is 0.160. The number of carbonyl (C=O) groups is 2. The number of ether oxygens (including phenoxy) is 1. The Morgan fingerprint density at radius 2 is 1.74 bits per heavy atom. The first-order chi connectivity index (χ1) is 16.2. The van der Waals surface area contributed by atoms with Crippen molar-refractivity contribution in [3.05, 3.63) is 89.2 Å². The molecule has 0 spiro atoms. The van der Waals surface area contributed by atoms with Gasteiger partial charge in [0.1, 0.15) is 11.7 Å². The maximum Gasteiger partial charge on any atom is 0.309 e. The minimum Gasteiger partial charge on any atom is -0.469 e. The van der Waals surface area contributed by atoms with E-state index in [1.165, 1.54) is 31.4 Å². The van der Waals surface area contributed by atoms with Gasteiger partial charge >= 0.3 is 5.97 Å². The fourth-order valence-corrected chi connectivity index (χ4v) is 4.37. The van der Waals surface area contributed by atoms with E-state index in [1.807, 2.05) is 0 Å². The number of hydrogen-bond donors (Lipinski definition) is 1. The van der Waals surface area contributed by atoms with Crippen molar-refractivity contribution in [1.82, 2.24) is 0 Å². The van der Waals surface area contributed by atoms with Crippen LogP contribution in [-0.2, 0) is 30.6 Å². The monoisotopic (exact) mass is 480 g/mol. The number of esters is 1. The lowest BCUT2D eigenvalue weighted by atomic mass is 9.90. The highest BCUT2D eigenvalue weighted by atomic mass is 32.2. The number of anilines is 1. The molecule has 9 heteroatoms. The van der Waals surface area contributed by atoms with E-state index in [-0.39, 0.29) is 23.2 Å². The molecule has 7 nitrogen and oxygen atoms in total. The van der Waals surface area contributed by atoms with Gasteiger partial charge in [-0.05, 0) is 53.1 Å². The second-order valence-electron chi connectivity index (χ2n) is 7.87. The maximum absolute atomic E-state index is 13.7. The van der Waals surface area contributed by atoms with Gasteiger partial charge in [-0.1, -0.05) is 30.3 Å². The first-order valence-corrected chi connectivity index (χ1v) is 12.2. The summed E-state index contributed by atoms with van der Waals surface area (Å²) in [6.07, 6.45) is 1.22. The molecule has 0 radical (unpaired) electrons. The lowest BCUT2D eigenvalue weighted by Crippen LogP contribution is -2.22. The van der Waals surface area contributed by atoms with Crippen LogP contribution in [0.15, 0.2) is 76.6 Å². The summed E-state index contributed by atoms with van der Waals surface area (Å²) in [5.74, 6) is -2.01. The van der Waals surface area contributed by atoms with Gasteiger partial charge in [0.25, 0.3) is 0 Å². The van der Waals surface area contributed by atoms with Crippen LogP contribution in [0.3, 0.4) is 0 Å². The summed E-state index contributed by atoms with van der Waals surface area (Å²) in [4.78, 5) is 29.4. The van der Waals surface area contributed by atoms with Gasteiger partial charge in [-0.25, -0.2) is 12.8 Å². The molecule has 4 rings (SSSR count). The van der Waals surface area contributed by atoms with Crippen LogP contribution in [0.5, 0.6) is 0 Å². The van der Waals surface area contributed by atoms with Crippen molar-refractivity contribution in [2.45, 2.75) is 17.2 Å². The van der Waals surface area contributed by atoms with E-state index in [9.17, 15) is 22.4 Å². The summed E-state index contributed by atoms with van der Waals surface area (Å²) in [5.41, 5.74) is 3.15. The van der Waals surface area contributed by atoms with Crippen LogP contribution in [0, 0.1) is 5.82 Å². The number of nitrogens with one attached hydrogen (secondary N) is 1. The van der Waals surface area contributed by atoms with E-state index in [2.05, 4.69) is 10.3 Å². The smallest absolute Gasteiger partial charge is 0.309 e. The largest absolute Gasteiger partial charge is 0.469 e. The third-order valence-corrected chi connectivity index (χ3v) is 6.59. The molecule has 34 heavy (non-hydrogen) atoms. The molecule has 1 N–H and O–H groups in total. The number of nitrogens with zero attached hydrogens (tertiary/aromatic N) is 1. The van der Waals surface area contributed by atoms with Crippen LogP contribution >= 0.6 is 0 Å². The number of fused-ring (bicyclic) bond motifs is 1. The van der Waals surface area contributed by atoms with Gasteiger partial charge in [-0.2, -0.15) is 0 Å². The second-order valence-corrected chi connectivity index (χ2v) is 9.88. The number of rotatable bonds is 6. The zero-order valence-electron chi connectivity index (χ0n) is 18.4. The lowest BCUT2D eigenvalue weighted by molar-refractivity contribution is -0.139. The van der Waals surface area contributed by atoms with E-state index >= 15 is 0 Å². The van der Waals surface area contributed by atoms with Gasteiger partial charge in [0.15, 0.2) is 9.84 Å². The average Bonchev–Trinajstić information content (AvgIpc) is 3.12. The highest BCUT2D eigenvalue weighted by Crippen LogP contribution is 2.36. The van der Waals surface area contributed by atoms with Crippen LogP contribution in [0.2, 0.25) is 0 Å². The third-order valence-electron chi connectivity index (χ3n) is 5.46. The Labute approximate surface area is 196 Å².